The van der Waals surface area contributed by atoms with Gasteiger partial charge in [0.25, 0.3) is 0 Å². The van der Waals surface area contributed by atoms with Gasteiger partial charge in [-0.2, -0.15) is 12.6 Å². The average molecular weight is 396 g/mol. The van der Waals surface area contributed by atoms with Gasteiger partial charge in [-0.05, 0) is 61.2 Å². The molecule has 0 atom stereocenters. The Labute approximate surface area is 169 Å². The highest BCUT2D eigenvalue weighted by Crippen LogP contribution is 2.28. The minimum absolute atomic E-state index is 0.307. The summed E-state index contributed by atoms with van der Waals surface area (Å²) in [6.45, 7) is 2.76. The number of benzene rings is 2. The number of hydrogen-bond acceptors (Lipinski definition) is 4. The van der Waals surface area contributed by atoms with Crippen molar-refractivity contribution in [3.05, 3.63) is 72.7 Å². The summed E-state index contributed by atoms with van der Waals surface area (Å²) >= 11 is 3.53. The second-order valence-electron chi connectivity index (χ2n) is 5.96. The number of hydrogen-bond donors (Lipinski definition) is 1. The van der Waals surface area contributed by atoms with Crippen LogP contribution in [-0.2, 0) is 0 Å². The number of nitrogens with zero attached hydrogens (tertiary/aromatic N) is 3. The summed E-state index contributed by atoms with van der Waals surface area (Å²) in [6.07, 6.45) is 4.38. The van der Waals surface area contributed by atoms with Gasteiger partial charge in [-0.15, -0.1) is 0 Å². The predicted octanol–water partition coefficient (Wildman–Crippen LogP) is 5.56. The Kier molecular flexibility index (Phi) is 6.66. The molecule has 144 valence electrons. The Hall–Kier alpha value is -2.86. The molecule has 0 radical (unpaired) electrons. The molecule has 2 aromatic heterocycles. The first kappa shape index (κ1) is 19.9. The molecule has 0 aliphatic rings. The van der Waals surface area contributed by atoms with Gasteiger partial charge < -0.3 is 4.74 Å². The molecule has 0 saturated carbocycles. The standard InChI is InChI=1S/C21H18FN3O.CH4S/c1-2-13-26-17-9-7-16(8-10-17)25-20-11-6-15(22)14-19(20)24-21(25)18-5-3-4-12-23-18;1-2/h3-12,14H,2,13H2,1H3;2H,1H3. The maximum Gasteiger partial charge on any atom is 0.164 e. The van der Waals surface area contributed by atoms with Crippen LogP contribution in [0.3, 0.4) is 0 Å². The number of imidazole rings is 1. The fourth-order valence-electron chi connectivity index (χ4n) is 2.89. The van der Waals surface area contributed by atoms with Crippen LogP contribution in [0.25, 0.3) is 28.2 Å². The molecule has 28 heavy (non-hydrogen) atoms. The van der Waals surface area contributed by atoms with Crippen molar-refractivity contribution in [2.45, 2.75) is 13.3 Å². The highest BCUT2D eigenvalue weighted by molar-refractivity contribution is 7.79. The van der Waals surface area contributed by atoms with E-state index in [4.69, 9.17) is 4.74 Å². The van der Waals surface area contributed by atoms with E-state index < -0.39 is 0 Å². The van der Waals surface area contributed by atoms with Crippen LogP contribution in [0.15, 0.2) is 66.9 Å². The SMILES string of the molecule is CCCOc1ccc(-n2c(-c3ccccn3)nc3cc(F)ccc32)cc1.CS. The van der Waals surface area contributed by atoms with Crippen LogP contribution in [0.4, 0.5) is 4.39 Å². The largest absolute Gasteiger partial charge is 0.494 e. The Bertz CT molecular complexity index is 1030. The monoisotopic (exact) mass is 395 g/mol. The number of halogens is 1. The van der Waals surface area contributed by atoms with Gasteiger partial charge in [-0.25, -0.2) is 9.37 Å². The fourth-order valence-corrected chi connectivity index (χ4v) is 2.89. The molecule has 4 rings (SSSR count). The van der Waals surface area contributed by atoms with Crippen LogP contribution in [-0.4, -0.2) is 27.4 Å². The highest BCUT2D eigenvalue weighted by atomic mass is 32.1. The van der Waals surface area contributed by atoms with E-state index in [2.05, 4.69) is 29.5 Å². The van der Waals surface area contributed by atoms with Crippen molar-refractivity contribution in [1.82, 2.24) is 14.5 Å². The third-order valence-electron chi connectivity index (χ3n) is 4.08. The molecule has 2 aromatic carbocycles. The molecule has 0 fully saturated rings. The van der Waals surface area contributed by atoms with Crippen LogP contribution in [0.5, 0.6) is 5.75 Å². The fraction of sp³-hybridized carbons (Fsp3) is 0.182. The summed E-state index contributed by atoms with van der Waals surface area (Å²) in [5, 5.41) is 0. The smallest absolute Gasteiger partial charge is 0.164 e. The zero-order valence-electron chi connectivity index (χ0n) is 15.8. The number of aromatic nitrogens is 3. The molecule has 2 heterocycles. The summed E-state index contributed by atoms with van der Waals surface area (Å²) in [5.41, 5.74) is 3.07. The lowest BCUT2D eigenvalue weighted by Gasteiger charge is -2.10. The normalized spacial score (nSPS) is 10.4. The third-order valence-corrected chi connectivity index (χ3v) is 4.08. The quantitative estimate of drug-likeness (QED) is 0.450. The first-order valence-electron chi connectivity index (χ1n) is 9.03. The van der Waals surface area contributed by atoms with E-state index >= 15 is 0 Å². The number of fused-ring (bicyclic) bond motifs is 1. The molecule has 0 N–H and O–H groups in total. The summed E-state index contributed by atoms with van der Waals surface area (Å²) in [5.74, 6) is 1.19. The van der Waals surface area contributed by atoms with Gasteiger partial charge in [0.2, 0.25) is 0 Å². The summed E-state index contributed by atoms with van der Waals surface area (Å²) in [4.78, 5) is 9.03. The lowest BCUT2D eigenvalue weighted by Crippen LogP contribution is -1.99. The number of ether oxygens (including phenoxy) is 1. The number of pyridine rings is 1. The molecule has 0 bridgehead atoms. The van der Waals surface area contributed by atoms with E-state index in [1.165, 1.54) is 12.1 Å². The second kappa shape index (κ2) is 9.37. The van der Waals surface area contributed by atoms with Crippen LogP contribution in [0.2, 0.25) is 0 Å². The summed E-state index contributed by atoms with van der Waals surface area (Å²) in [6, 6.07) is 18.1. The summed E-state index contributed by atoms with van der Waals surface area (Å²) < 4.78 is 21.3. The van der Waals surface area contributed by atoms with Crippen molar-refractivity contribution in [2.75, 3.05) is 12.9 Å². The first-order valence-corrected chi connectivity index (χ1v) is 9.93. The molecule has 0 aliphatic carbocycles. The molecular weight excluding hydrogens is 373 g/mol. The van der Waals surface area contributed by atoms with Gasteiger partial charge in [0.05, 0.1) is 17.6 Å². The Morgan fingerprint density at radius 3 is 2.50 bits per heavy atom. The van der Waals surface area contributed by atoms with Crippen LogP contribution in [0.1, 0.15) is 13.3 Å². The van der Waals surface area contributed by atoms with Crippen molar-refractivity contribution in [3.8, 4) is 23.0 Å². The van der Waals surface area contributed by atoms with Crippen molar-refractivity contribution in [3.63, 3.8) is 0 Å². The molecule has 4 aromatic rings. The maximum atomic E-state index is 13.7. The molecule has 4 nitrogen and oxygen atoms in total. The van der Waals surface area contributed by atoms with Crippen LogP contribution >= 0.6 is 12.6 Å². The number of thiol groups is 1. The number of rotatable bonds is 5. The lowest BCUT2D eigenvalue weighted by molar-refractivity contribution is 0.317. The van der Waals surface area contributed by atoms with Gasteiger partial charge >= 0.3 is 0 Å². The minimum Gasteiger partial charge on any atom is -0.494 e. The molecular formula is C22H22FN3OS. The maximum absolute atomic E-state index is 13.7. The van der Waals surface area contributed by atoms with Gasteiger partial charge in [0, 0.05) is 18.0 Å². The van der Waals surface area contributed by atoms with Gasteiger partial charge in [0.15, 0.2) is 5.82 Å². The molecule has 0 spiro atoms. The van der Waals surface area contributed by atoms with E-state index in [0.717, 1.165) is 29.1 Å². The lowest BCUT2D eigenvalue weighted by atomic mass is 10.2. The third kappa shape index (κ3) is 4.17. The zero-order chi connectivity index (χ0) is 19.9. The van der Waals surface area contributed by atoms with Crippen molar-refractivity contribution >= 4 is 23.7 Å². The van der Waals surface area contributed by atoms with Crippen molar-refractivity contribution in [2.24, 2.45) is 0 Å². The average Bonchev–Trinajstić information content (AvgIpc) is 3.13. The van der Waals surface area contributed by atoms with E-state index in [1.54, 1.807) is 18.5 Å². The Morgan fingerprint density at radius 1 is 1.04 bits per heavy atom. The zero-order valence-corrected chi connectivity index (χ0v) is 16.7. The van der Waals surface area contributed by atoms with E-state index in [-0.39, 0.29) is 5.82 Å². The van der Waals surface area contributed by atoms with Gasteiger partial charge in [-0.3, -0.25) is 9.55 Å². The predicted molar refractivity (Wildman–Crippen MR) is 115 cm³/mol. The summed E-state index contributed by atoms with van der Waals surface area (Å²) in [7, 11) is 0. The highest BCUT2D eigenvalue weighted by Gasteiger charge is 2.15. The van der Waals surface area contributed by atoms with Crippen molar-refractivity contribution in [1.29, 1.82) is 0 Å². The van der Waals surface area contributed by atoms with E-state index in [1.807, 2.05) is 47.0 Å². The van der Waals surface area contributed by atoms with Crippen LogP contribution in [0, 0.1) is 5.82 Å². The van der Waals surface area contributed by atoms with E-state index in [0.29, 0.717) is 17.9 Å². The Morgan fingerprint density at radius 2 is 1.82 bits per heavy atom. The van der Waals surface area contributed by atoms with Gasteiger partial charge in [-0.1, -0.05) is 13.0 Å². The molecule has 0 unspecified atom stereocenters. The first-order chi connectivity index (χ1) is 13.8. The topological polar surface area (TPSA) is 39.9 Å². The minimum atomic E-state index is -0.307. The second-order valence-corrected chi connectivity index (χ2v) is 5.96. The molecule has 0 saturated heterocycles. The van der Waals surface area contributed by atoms with Crippen LogP contribution < -0.4 is 4.74 Å². The molecule has 0 aliphatic heterocycles. The van der Waals surface area contributed by atoms with Gasteiger partial charge in [0.1, 0.15) is 17.3 Å². The van der Waals surface area contributed by atoms with E-state index in [9.17, 15) is 4.39 Å². The van der Waals surface area contributed by atoms with Crippen molar-refractivity contribution < 1.29 is 9.13 Å². The molecule has 0 amide bonds. The Balaban J connectivity index is 0.00000109. The molecule has 6 heteroatoms.